The van der Waals surface area contributed by atoms with Crippen LogP contribution in [0, 0.1) is 0 Å². The third kappa shape index (κ3) is 6.51. The van der Waals surface area contributed by atoms with Gasteiger partial charge in [0.25, 0.3) is 5.91 Å². The number of benzene rings is 2. The topological polar surface area (TPSA) is 73.9 Å². The second-order valence-corrected chi connectivity index (χ2v) is 5.69. The normalized spacial score (nSPS) is 10.5. The van der Waals surface area contributed by atoms with E-state index < -0.39 is 11.9 Å². The zero-order valence-electron chi connectivity index (χ0n) is 15.7. The van der Waals surface area contributed by atoms with Gasteiger partial charge in [-0.15, -0.1) is 0 Å². The van der Waals surface area contributed by atoms with Crippen molar-refractivity contribution >= 4 is 23.6 Å². The summed E-state index contributed by atoms with van der Waals surface area (Å²) in [6, 6.07) is 12.7. The molecule has 0 saturated carbocycles. The number of aryl methyl sites for hydroxylation is 1. The van der Waals surface area contributed by atoms with Crippen molar-refractivity contribution in [2.75, 3.05) is 26.1 Å². The average molecular weight is 369 g/mol. The molecule has 142 valence electrons. The first-order valence-corrected chi connectivity index (χ1v) is 8.50. The molecule has 2 aromatic carbocycles. The van der Waals surface area contributed by atoms with Crippen LogP contribution in [0.25, 0.3) is 6.08 Å². The monoisotopic (exact) mass is 369 g/mol. The summed E-state index contributed by atoms with van der Waals surface area (Å²) in [6.45, 7) is 1.70. The van der Waals surface area contributed by atoms with Crippen LogP contribution in [0.4, 0.5) is 5.69 Å². The van der Waals surface area contributed by atoms with E-state index in [-0.39, 0.29) is 6.61 Å². The third-order valence-electron chi connectivity index (χ3n) is 3.78. The van der Waals surface area contributed by atoms with E-state index in [4.69, 9.17) is 14.2 Å². The second-order valence-electron chi connectivity index (χ2n) is 5.69. The van der Waals surface area contributed by atoms with Crippen LogP contribution in [0.15, 0.2) is 48.5 Å². The molecule has 0 aromatic heterocycles. The summed E-state index contributed by atoms with van der Waals surface area (Å²) >= 11 is 0. The number of esters is 1. The Kier molecular flexibility index (Phi) is 7.43. The predicted octanol–water partition coefficient (Wildman–Crippen LogP) is 3.46. The fourth-order valence-corrected chi connectivity index (χ4v) is 2.30. The second kappa shape index (κ2) is 10.0. The molecule has 0 spiro atoms. The minimum Gasteiger partial charge on any atom is -0.497 e. The third-order valence-corrected chi connectivity index (χ3v) is 3.78. The summed E-state index contributed by atoms with van der Waals surface area (Å²) in [4.78, 5) is 23.7. The van der Waals surface area contributed by atoms with E-state index in [1.54, 1.807) is 38.5 Å². The zero-order valence-corrected chi connectivity index (χ0v) is 15.7. The first kappa shape index (κ1) is 20.0. The first-order chi connectivity index (χ1) is 13.0. The summed E-state index contributed by atoms with van der Waals surface area (Å²) in [6.07, 6.45) is 3.74. The molecule has 0 heterocycles. The number of rotatable bonds is 8. The lowest BCUT2D eigenvalue weighted by Crippen LogP contribution is -2.20. The molecule has 0 atom stereocenters. The number of anilines is 1. The quantitative estimate of drug-likeness (QED) is 0.570. The molecular weight excluding hydrogens is 346 g/mol. The molecule has 0 radical (unpaired) electrons. The number of carbonyl (C=O) groups is 2. The highest BCUT2D eigenvalue weighted by Gasteiger charge is 2.06. The van der Waals surface area contributed by atoms with Gasteiger partial charge in [-0.25, -0.2) is 4.79 Å². The van der Waals surface area contributed by atoms with E-state index in [1.807, 2.05) is 24.3 Å². The highest BCUT2D eigenvalue weighted by Crippen LogP contribution is 2.23. The molecule has 0 aliphatic heterocycles. The summed E-state index contributed by atoms with van der Waals surface area (Å²) in [5.41, 5.74) is 2.55. The average Bonchev–Trinajstić information content (AvgIpc) is 2.70. The van der Waals surface area contributed by atoms with Crippen LogP contribution in [0.1, 0.15) is 18.1 Å². The fraction of sp³-hybridized carbons (Fsp3) is 0.238. The molecule has 6 heteroatoms. The van der Waals surface area contributed by atoms with Crippen LogP contribution in [0.5, 0.6) is 11.5 Å². The van der Waals surface area contributed by atoms with E-state index in [0.717, 1.165) is 6.42 Å². The SMILES string of the molecule is CCc1ccc(NC(=O)COC(=O)/C=C/c2cc(OC)cc(OC)c2)cc1. The van der Waals surface area contributed by atoms with Crippen LogP contribution in [-0.2, 0) is 20.7 Å². The van der Waals surface area contributed by atoms with Crippen molar-refractivity contribution < 1.29 is 23.8 Å². The van der Waals surface area contributed by atoms with Crippen molar-refractivity contribution in [2.45, 2.75) is 13.3 Å². The van der Waals surface area contributed by atoms with Gasteiger partial charge < -0.3 is 19.5 Å². The Bertz CT molecular complexity index is 790. The molecule has 0 fully saturated rings. The van der Waals surface area contributed by atoms with Crippen molar-refractivity contribution in [3.8, 4) is 11.5 Å². The van der Waals surface area contributed by atoms with E-state index >= 15 is 0 Å². The summed E-state index contributed by atoms with van der Waals surface area (Å²) < 4.78 is 15.3. The number of hydrogen-bond donors (Lipinski definition) is 1. The van der Waals surface area contributed by atoms with Crippen molar-refractivity contribution in [1.29, 1.82) is 0 Å². The molecule has 0 unspecified atom stereocenters. The summed E-state index contributed by atoms with van der Waals surface area (Å²) in [5, 5.41) is 2.68. The molecule has 2 aromatic rings. The van der Waals surface area contributed by atoms with E-state index in [1.165, 1.54) is 11.6 Å². The van der Waals surface area contributed by atoms with Gasteiger partial charge in [-0.3, -0.25) is 4.79 Å². The number of methoxy groups -OCH3 is 2. The Morgan fingerprint density at radius 1 is 1.00 bits per heavy atom. The van der Waals surface area contributed by atoms with Crippen molar-refractivity contribution in [1.82, 2.24) is 0 Å². The Hall–Kier alpha value is -3.28. The number of carbonyl (C=O) groups excluding carboxylic acids is 2. The van der Waals surface area contributed by atoms with Gasteiger partial charge in [-0.2, -0.15) is 0 Å². The number of ether oxygens (including phenoxy) is 3. The minimum absolute atomic E-state index is 0.361. The van der Waals surface area contributed by atoms with E-state index in [9.17, 15) is 9.59 Å². The zero-order chi connectivity index (χ0) is 19.6. The number of amides is 1. The maximum atomic E-state index is 11.9. The molecule has 0 bridgehead atoms. The highest BCUT2D eigenvalue weighted by atomic mass is 16.5. The Labute approximate surface area is 158 Å². The first-order valence-electron chi connectivity index (χ1n) is 8.50. The fourth-order valence-electron chi connectivity index (χ4n) is 2.30. The van der Waals surface area contributed by atoms with Crippen LogP contribution in [0.2, 0.25) is 0 Å². The summed E-state index contributed by atoms with van der Waals surface area (Å²) in [7, 11) is 3.09. The van der Waals surface area contributed by atoms with Gasteiger partial charge >= 0.3 is 5.97 Å². The molecule has 1 N–H and O–H groups in total. The maximum absolute atomic E-state index is 11.9. The number of hydrogen-bond acceptors (Lipinski definition) is 5. The molecule has 27 heavy (non-hydrogen) atoms. The standard InChI is InChI=1S/C21H23NO5/c1-4-15-5-8-17(9-6-15)22-20(23)14-27-21(24)10-7-16-11-18(25-2)13-19(12-16)26-3/h5-13H,4,14H2,1-3H3,(H,22,23)/b10-7+. The predicted molar refractivity (Wildman–Crippen MR) is 104 cm³/mol. The van der Waals surface area contributed by atoms with Gasteiger partial charge in [-0.05, 0) is 47.9 Å². The van der Waals surface area contributed by atoms with Gasteiger partial charge in [-0.1, -0.05) is 19.1 Å². The van der Waals surface area contributed by atoms with Crippen molar-refractivity contribution in [2.24, 2.45) is 0 Å². The van der Waals surface area contributed by atoms with Crippen LogP contribution < -0.4 is 14.8 Å². The molecule has 0 aliphatic rings. The highest BCUT2D eigenvalue weighted by molar-refractivity contribution is 5.94. The molecule has 6 nitrogen and oxygen atoms in total. The van der Waals surface area contributed by atoms with Crippen molar-refractivity contribution in [3.05, 3.63) is 59.7 Å². The van der Waals surface area contributed by atoms with Crippen molar-refractivity contribution in [3.63, 3.8) is 0 Å². The van der Waals surface area contributed by atoms with Gasteiger partial charge in [0.15, 0.2) is 6.61 Å². The van der Waals surface area contributed by atoms with Gasteiger partial charge in [0.1, 0.15) is 11.5 Å². The maximum Gasteiger partial charge on any atom is 0.331 e. The minimum atomic E-state index is -0.617. The lowest BCUT2D eigenvalue weighted by atomic mass is 10.1. The van der Waals surface area contributed by atoms with Crippen LogP contribution in [0.3, 0.4) is 0 Å². The molecule has 0 aliphatic carbocycles. The molecular formula is C21H23NO5. The molecule has 0 saturated heterocycles. The summed E-state index contributed by atoms with van der Waals surface area (Å²) in [5.74, 6) is 0.198. The number of nitrogens with one attached hydrogen (secondary N) is 1. The lowest BCUT2D eigenvalue weighted by Gasteiger charge is -2.07. The van der Waals surface area contributed by atoms with E-state index in [2.05, 4.69) is 12.2 Å². The van der Waals surface area contributed by atoms with Gasteiger partial charge in [0.05, 0.1) is 14.2 Å². The Morgan fingerprint density at radius 2 is 1.63 bits per heavy atom. The Balaban J connectivity index is 1.86. The smallest absolute Gasteiger partial charge is 0.331 e. The lowest BCUT2D eigenvalue weighted by molar-refractivity contribution is -0.142. The van der Waals surface area contributed by atoms with E-state index in [0.29, 0.717) is 22.7 Å². The van der Waals surface area contributed by atoms with Gasteiger partial charge in [0.2, 0.25) is 0 Å². The molecule has 1 amide bonds. The van der Waals surface area contributed by atoms with Crippen LogP contribution in [-0.4, -0.2) is 32.7 Å². The van der Waals surface area contributed by atoms with Crippen LogP contribution >= 0.6 is 0 Å². The largest absolute Gasteiger partial charge is 0.497 e. The molecule has 2 rings (SSSR count). The van der Waals surface area contributed by atoms with Gasteiger partial charge in [0, 0.05) is 17.8 Å². The Morgan fingerprint density at radius 3 is 2.19 bits per heavy atom.